The van der Waals surface area contributed by atoms with Crippen LogP contribution in [0, 0.1) is 0 Å². The first-order valence-corrected chi connectivity index (χ1v) is 25.3. The molecule has 0 spiro atoms. The Morgan fingerprint density at radius 3 is 1.95 bits per heavy atom. The van der Waals surface area contributed by atoms with Crippen LogP contribution in [-0.4, -0.2) is 11.4 Å². The molecule has 0 radical (unpaired) electrons. The molecular weight excluding hydrogens is 824 g/mol. The van der Waals surface area contributed by atoms with Crippen LogP contribution < -0.4 is 15.1 Å². The number of aromatic nitrogens is 1. The first-order valence-electron chi connectivity index (χ1n) is 23.7. The summed E-state index contributed by atoms with van der Waals surface area (Å²) in [6.07, 6.45) is 2.37. The van der Waals surface area contributed by atoms with Crippen molar-refractivity contribution < 1.29 is 0 Å². The molecule has 3 aliphatic rings. The molecule has 0 fully saturated rings. The van der Waals surface area contributed by atoms with E-state index >= 15 is 0 Å². The van der Waals surface area contributed by atoms with Crippen LogP contribution in [0.15, 0.2) is 127 Å². The molecule has 0 atom stereocenters. The van der Waals surface area contributed by atoms with Gasteiger partial charge in [0.2, 0.25) is 0 Å². The molecule has 0 saturated carbocycles. The molecule has 3 aromatic heterocycles. The van der Waals surface area contributed by atoms with Crippen LogP contribution in [0.4, 0.5) is 11.4 Å². The zero-order chi connectivity index (χ0) is 44.7. The standard InChI is InChI=1S/C60H55BN2S2/c1-57(2,3)36-21-24-38(25-22-36)63-45-26-23-37(58(4,5)6)31-40(45)49-50-39-18-14-15-19-47(39)64-55(50)51-41-32-43-44(60(9,10)29-28-59(43,7)8)33-46(41)62-53-42-30-35(34-16-12-11-13-17-34)20-27-48(42)65-56(53)61(63)52(49)54(51)62/h11-27,30-33H,28-29H2,1-10H3. The van der Waals surface area contributed by atoms with Crippen LogP contribution >= 0.6 is 22.7 Å². The molecule has 2 aliphatic heterocycles. The SMILES string of the molecule is CC(C)(C)c1ccc(N2B3c4sc5ccc(-c6ccccc6)cc5c4-n4c5cc6c(cc5c5c7sc8ccccc8c7c(c3c54)-c3cc(C(C)(C)C)ccc32)C(C)(C)CCC6(C)C)cc1. The molecule has 0 saturated heterocycles. The summed E-state index contributed by atoms with van der Waals surface area (Å²) in [6.45, 7) is 23.9. The van der Waals surface area contributed by atoms with Crippen molar-refractivity contribution >= 4 is 103 Å². The molecule has 1 aliphatic carbocycles. The van der Waals surface area contributed by atoms with Crippen LogP contribution in [0.1, 0.15) is 104 Å². The van der Waals surface area contributed by atoms with E-state index in [-0.39, 0.29) is 28.5 Å². The van der Waals surface area contributed by atoms with Crippen molar-refractivity contribution in [3.05, 3.63) is 150 Å². The van der Waals surface area contributed by atoms with E-state index < -0.39 is 0 Å². The lowest BCUT2D eigenvalue weighted by Gasteiger charge is -2.42. The maximum atomic E-state index is 2.78. The van der Waals surface area contributed by atoms with E-state index in [9.17, 15) is 0 Å². The highest BCUT2D eigenvalue weighted by molar-refractivity contribution is 7.32. The van der Waals surface area contributed by atoms with Gasteiger partial charge in [-0.15, -0.1) is 22.7 Å². The van der Waals surface area contributed by atoms with E-state index in [1.165, 1.54) is 137 Å². The maximum Gasteiger partial charge on any atom is 0.343 e. The van der Waals surface area contributed by atoms with Crippen LogP contribution in [0.25, 0.3) is 80.0 Å². The van der Waals surface area contributed by atoms with E-state index in [2.05, 4.69) is 206 Å². The van der Waals surface area contributed by atoms with Crippen molar-refractivity contribution in [2.45, 2.75) is 104 Å². The predicted molar refractivity (Wildman–Crippen MR) is 286 cm³/mol. The third-order valence-corrected chi connectivity index (χ3v) is 18.1. The summed E-state index contributed by atoms with van der Waals surface area (Å²) >= 11 is 4.01. The van der Waals surface area contributed by atoms with Gasteiger partial charge in [0.1, 0.15) is 0 Å². The number of hydrogen-bond donors (Lipinski definition) is 0. The molecule has 5 heterocycles. The van der Waals surface area contributed by atoms with E-state index in [4.69, 9.17) is 0 Å². The van der Waals surface area contributed by atoms with Crippen LogP contribution in [0.2, 0.25) is 0 Å². The third-order valence-electron chi connectivity index (χ3n) is 15.7. The number of hydrogen-bond acceptors (Lipinski definition) is 3. The Morgan fingerprint density at radius 1 is 0.569 bits per heavy atom. The van der Waals surface area contributed by atoms with Gasteiger partial charge >= 0.3 is 6.85 Å². The maximum absolute atomic E-state index is 2.78. The lowest BCUT2D eigenvalue weighted by molar-refractivity contribution is 0.332. The summed E-state index contributed by atoms with van der Waals surface area (Å²) in [5.41, 5.74) is 19.2. The average molecular weight is 879 g/mol. The number of nitrogens with zero attached hydrogens (tertiary/aromatic N) is 2. The highest BCUT2D eigenvalue weighted by atomic mass is 32.1. The second-order valence-corrected chi connectivity index (χ2v) is 24.9. The zero-order valence-corrected chi connectivity index (χ0v) is 41.0. The largest absolute Gasteiger partial charge is 0.376 e. The van der Waals surface area contributed by atoms with E-state index in [0.717, 1.165) is 0 Å². The van der Waals surface area contributed by atoms with E-state index in [1.807, 2.05) is 22.7 Å². The highest BCUT2D eigenvalue weighted by Gasteiger charge is 2.48. The van der Waals surface area contributed by atoms with Crippen molar-refractivity contribution in [1.29, 1.82) is 0 Å². The Hall–Kier alpha value is -5.62. The van der Waals surface area contributed by atoms with Crippen LogP contribution in [0.5, 0.6) is 0 Å². The summed E-state index contributed by atoms with van der Waals surface area (Å²) < 4.78 is 8.31. The van der Waals surface area contributed by atoms with Gasteiger partial charge in [-0.25, -0.2) is 0 Å². The summed E-state index contributed by atoms with van der Waals surface area (Å²) in [5.74, 6) is 0. The molecule has 13 rings (SSSR count). The minimum Gasteiger partial charge on any atom is -0.376 e. The molecule has 65 heavy (non-hydrogen) atoms. The average Bonchev–Trinajstić information content (AvgIpc) is 3.96. The third kappa shape index (κ3) is 5.46. The number of anilines is 2. The molecule has 0 unspecified atom stereocenters. The summed E-state index contributed by atoms with van der Waals surface area (Å²) in [4.78, 5) is 2.74. The van der Waals surface area contributed by atoms with Crippen molar-refractivity contribution in [2.75, 3.05) is 4.81 Å². The molecule has 10 aromatic rings. The summed E-state index contributed by atoms with van der Waals surface area (Å²) in [6, 6.07) is 49.8. The number of rotatable bonds is 2. The fourth-order valence-corrected chi connectivity index (χ4v) is 14.5. The number of fused-ring (bicyclic) bond motifs is 16. The van der Waals surface area contributed by atoms with Crippen molar-refractivity contribution in [3.8, 4) is 27.9 Å². The second kappa shape index (κ2) is 13.0. The zero-order valence-electron chi connectivity index (χ0n) is 39.3. The quantitative estimate of drug-likeness (QED) is 0.157. The lowest BCUT2D eigenvalue weighted by Crippen LogP contribution is -2.59. The molecule has 5 heteroatoms. The summed E-state index contributed by atoms with van der Waals surface area (Å²) in [5, 5.41) is 6.93. The lowest BCUT2D eigenvalue weighted by atomic mass is 9.47. The monoisotopic (exact) mass is 878 g/mol. The van der Waals surface area contributed by atoms with Gasteiger partial charge in [0.25, 0.3) is 0 Å². The Balaban J connectivity index is 1.28. The molecule has 2 nitrogen and oxygen atoms in total. The number of benzene rings is 7. The normalized spacial score (nSPS) is 16.2. The van der Waals surface area contributed by atoms with Gasteiger partial charge in [-0.2, -0.15) is 0 Å². The first-order chi connectivity index (χ1) is 31.0. The molecule has 7 aromatic carbocycles. The first kappa shape index (κ1) is 39.7. The smallest absolute Gasteiger partial charge is 0.343 e. The molecular formula is C60H55BN2S2. The van der Waals surface area contributed by atoms with Crippen molar-refractivity contribution in [2.24, 2.45) is 0 Å². The van der Waals surface area contributed by atoms with Gasteiger partial charge in [0.05, 0.1) is 16.7 Å². The molecule has 0 amide bonds. The van der Waals surface area contributed by atoms with Gasteiger partial charge in [0.15, 0.2) is 0 Å². The van der Waals surface area contributed by atoms with Crippen LogP contribution in [-0.2, 0) is 21.7 Å². The summed E-state index contributed by atoms with van der Waals surface area (Å²) in [7, 11) is 0. The minimum atomic E-state index is -0.0454. The van der Waals surface area contributed by atoms with Gasteiger partial charge < -0.3 is 9.38 Å². The topological polar surface area (TPSA) is 8.17 Å². The predicted octanol–water partition coefficient (Wildman–Crippen LogP) is 16.2. The second-order valence-electron chi connectivity index (χ2n) is 22.8. The Bertz CT molecular complexity index is 3680. The van der Waals surface area contributed by atoms with Crippen LogP contribution in [0.3, 0.4) is 0 Å². The fourth-order valence-electron chi connectivity index (χ4n) is 12.0. The van der Waals surface area contributed by atoms with Gasteiger partial charge in [0, 0.05) is 62.7 Å². The fraction of sp³-hybridized carbons (Fsp3) is 0.267. The molecule has 0 N–H and O–H groups in total. The molecule has 320 valence electrons. The Labute approximate surface area is 391 Å². The number of thiophene rings is 2. The van der Waals surface area contributed by atoms with Crippen molar-refractivity contribution in [3.63, 3.8) is 0 Å². The van der Waals surface area contributed by atoms with Gasteiger partial charge in [-0.1, -0.05) is 142 Å². The van der Waals surface area contributed by atoms with Crippen molar-refractivity contribution in [1.82, 2.24) is 4.57 Å². The minimum absolute atomic E-state index is 0.0229. The van der Waals surface area contributed by atoms with E-state index in [0.29, 0.717) is 0 Å². The van der Waals surface area contributed by atoms with E-state index in [1.54, 1.807) is 0 Å². The highest BCUT2D eigenvalue weighted by Crippen LogP contribution is 2.56. The Morgan fingerprint density at radius 2 is 1.23 bits per heavy atom. The van der Waals surface area contributed by atoms with Gasteiger partial charge in [-0.3, -0.25) is 0 Å². The van der Waals surface area contributed by atoms with Gasteiger partial charge in [-0.05, 0) is 134 Å². The Kier molecular flexibility index (Phi) is 7.97. The molecule has 0 bridgehead atoms.